The zero-order valence-electron chi connectivity index (χ0n) is 15.5. The number of nitrogens with zero attached hydrogens (tertiary/aromatic N) is 3. The van der Waals surface area contributed by atoms with Gasteiger partial charge in [-0.05, 0) is 50.2 Å². The van der Waals surface area contributed by atoms with Crippen LogP contribution in [0, 0.1) is 0 Å². The molecule has 0 spiro atoms. The maximum atomic E-state index is 12.2. The summed E-state index contributed by atoms with van der Waals surface area (Å²) in [6.07, 6.45) is 0. The number of ether oxygens (including phenoxy) is 1. The number of amides is 1. The van der Waals surface area contributed by atoms with E-state index in [0.29, 0.717) is 0 Å². The molecule has 1 aromatic heterocycles. The van der Waals surface area contributed by atoms with Crippen molar-refractivity contribution in [2.24, 2.45) is 0 Å². The molecular formula is C20H22N4O2S. The Balaban J connectivity index is 1.73. The molecule has 1 amide bonds. The van der Waals surface area contributed by atoms with Gasteiger partial charge in [0.25, 0.3) is 0 Å². The third-order valence-corrected chi connectivity index (χ3v) is 4.86. The van der Waals surface area contributed by atoms with Gasteiger partial charge in [0.2, 0.25) is 5.91 Å². The molecule has 0 atom stereocenters. The van der Waals surface area contributed by atoms with E-state index in [9.17, 15) is 4.79 Å². The third kappa shape index (κ3) is 4.68. The molecule has 140 valence electrons. The van der Waals surface area contributed by atoms with Gasteiger partial charge in [0, 0.05) is 17.3 Å². The van der Waals surface area contributed by atoms with Crippen LogP contribution in [0.5, 0.6) is 5.75 Å². The molecule has 0 aliphatic carbocycles. The first-order chi connectivity index (χ1) is 13.1. The van der Waals surface area contributed by atoms with Gasteiger partial charge in [-0.15, -0.1) is 10.2 Å². The molecule has 6 nitrogen and oxygen atoms in total. The van der Waals surface area contributed by atoms with E-state index in [-0.39, 0.29) is 17.7 Å². The standard InChI is InChI=1S/C20H22N4O2S/c1-14(2)24-19(15-9-11-17(26-3)12-10-15)22-23-20(24)27-13-18(25)21-16-7-5-4-6-8-16/h4-12,14H,13H2,1-3H3,(H,21,25). The van der Waals surface area contributed by atoms with Gasteiger partial charge >= 0.3 is 0 Å². The van der Waals surface area contributed by atoms with Crippen molar-refractivity contribution in [2.45, 2.75) is 25.0 Å². The number of hydrogen-bond acceptors (Lipinski definition) is 5. The first-order valence-electron chi connectivity index (χ1n) is 8.65. The number of anilines is 1. The van der Waals surface area contributed by atoms with Gasteiger partial charge in [-0.3, -0.25) is 9.36 Å². The predicted molar refractivity (Wildman–Crippen MR) is 108 cm³/mol. The van der Waals surface area contributed by atoms with Crippen molar-refractivity contribution < 1.29 is 9.53 Å². The number of carbonyl (C=O) groups excluding carboxylic acids is 1. The molecule has 3 aromatic rings. The lowest BCUT2D eigenvalue weighted by Crippen LogP contribution is -2.15. The molecule has 0 unspecified atom stereocenters. The summed E-state index contributed by atoms with van der Waals surface area (Å²) in [5.74, 6) is 1.76. The molecule has 1 heterocycles. The van der Waals surface area contributed by atoms with Gasteiger partial charge in [-0.1, -0.05) is 30.0 Å². The molecule has 3 rings (SSSR count). The van der Waals surface area contributed by atoms with Gasteiger partial charge in [0.1, 0.15) is 5.75 Å². The summed E-state index contributed by atoms with van der Waals surface area (Å²) in [7, 11) is 1.64. The minimum Gasteiger partial charge on any atom is -0.497 e. The average Bonchev–Trinajstić information content (AvgIpc) is 3.11. The maximum absolute atomic E-state index is 12.2. The van der Waals surface area contributed by atoms with Crippen LogP contribution in [0.15, 0.2) is 59.8 Å². The lowest BCUT2D eigenvalue weighted by molar-refractivity contribution is -0.113. The highest BCUT2D eigenvalue weighted by Crippen LogP contribution is 2.28. The quantitative estimate of drug-likeness (QED) is 0.618. The molecule has 0 aliphatic heterocycles. The molecule has 1 N–H and O–H groups in total. The Morgan fingerprint density at radius 1 is 1.11 bits per heavy atom. The van der Waals surface area contributed by atoms with Crippen LogP contribution in [0.3, 0.4) is 0 Å². The topological polar surface area (TPSA) is 69.0 Å². The molecule has 7 heteroatoms. The zero-order chi connectivity index (χ0) is 19.2. The monoisotopic (exact) mass is 382 g/mol. The number of para-hydroxylation sites is 1. The minimum atomic E-state index is -0.0736. The normalized spacial score (nSPS) is 10.8. The Bertz CT molecular complexity index is 892. The number of nitrogens with one attached hydrogen (secondary N) is 1. The minimum absolute atomic E-state index is 0.0736. The summed E-state index contributed by atoms with van der Waals surface area (Å²) in [4.78, 5) is 12.2. The highest BCUT2D eigenvalue weighted by atomic mass is 32.2. The molecule has 0 radical (unpaired) electrons. The van der Waals surface area contributed by atoms with E-state index < -0.39 is 0 Å². The summed E-state index contributed by atoms with van der Waals surface area (Å²) in [5, 5.41) is 12.2. The van der Waals surface area contributed by atoms with Crippen LogP contribution in [-0.4, -0.2) is 33.5 Å². The van der Waals surface area contributed by atoms with Gasteiger partial charge in [0.05, 0.1) is 12.9 Å². The lowest BCUT2D eigenvalue weighted by Gasteiger charge is -2.14. The van der Waals surface area contributed by atoms with E-state index in [1.54, 1.807) is 7.11 Å². The predicted octanol–water partition coefficient (Wildman–Crippen LogP) is 4.27. The maximum Gasteiger partial charge on any atom is 0.234 e. The van der Waals surface area contributed by atoms with Crippen molar-refractivity contribution in [3.8, 4) is 17.1 Å². The second kappa shape index (κ2) is 8.73. The van der Waals surface area contributed by atoms with Crippen molar-refractivity contribution in [3.63, 3.8) is 0 Å². The van der Waals surface area contributed by atoms with Crippen LogP contribution in [-0.2, 0) is 4.79 Å². The van der Waals surface area contributed by atoms with Gasteiger partial charge in [0.15, 0.2) is 11.0 Å². The number of thioether (sulfide) groups is 1. The Hall–Kier alpha value is -2.80. The van der Waals surface area contributed by atoms with Crippen molar-refractivity contribution in [3.05, 3.63) is 54.6 Å². The molecule has 0 saturated heterocycles. The second-order valence-corrected chi connectivity index (χ2v) is 7.14. The van der Waals surface area contributed by atoms with Crippen LogP contribution < -0.4 is 10.1 Å². The fourth-order valence-corrected chi connectivity index (χ4v) is 3.49. The Kier molecular flexibility index (Phi) is 6.13. The van der Waals surface area contributed by atoms with Crippen molar-refractivity contribution in [2.75, 3.05) is 18.2 Å². The fourth-order valence-electron chi connectivity index (χ4n) is 2.63. The molecular weight excluding hydrogens is 360 g/mol. The number of methoxy groups -OCH3 is 1. The van der Waals surface area contributed by atoms with Crippen LogP contribution >= 0.6 is 11.8 Å². The van der Waals surface area contributed by atoms with Gasteiger partial charge < -0.3 is 10.1 Å². The largest absolute Gasteiger partial charge is 0.497 e. The number of carbonyl (C=O) groups is 1. The Labute approximate surface area is 163 Å². The first-order valence-corrected chi connectivity index (χ1v) is 9.64. The smallest absolute Gasteiger partial charge is 0.234 e. The number of rotatable bonds is 7. The molecule has 0 saturated carbocycles. The average molecular weight is 382 g/mol. The zero-order valence-corrected chi connectivity index (χ0v) is 16.4. The summed E-state index contributed by atoms with van der Waals surface area (Å²) in [6, 6.07) is 17.3. The van der Waals surface area contributed by atoms with Crippen molar-refractivity contribution in [1.29, 1.82) is 0 Å². The molecule has 2 aromatic carbocycles. The van der Waals surface area contributed by atoms with E-state index in [4.69, 9.17) is 4.74 Å². The van der Waals surface area contributed by atoms with E-state index >= 15 is 0 Å². The number of aromatic nitrogens is 3. The highest BCUT2D eigenvalue weighted by molar-refractivity contribution is 7.99. The Morgan fingerprint density at radius 2 is 1.81 bits per heavy atom. The van der Waals surface area contributed by atoms with Crippen LogP contribution in [0.2, 0.25) is 0 Å². The number of hydrogen-bond donors (Lipinski definition) is 1. The van der Waals surface area contributed by atoms with E-state index in [2.05, 4.69) is 29.4 Å². The molecule has 0 aliphatic rings. The second-order valence-electron chi connectivity index (χ2n) is 6.20. The summed E-state index contributed by atoms with van der Waals surface area (Å²) in [6.45, 7) is 4.15. The summed E-state index contributed by atoms with van der Waals surface area (Å²) < 4.78 is 7.25. The van der Waals surface area contributed by atoms with E-state index in [1.807, 2.05) is 59.2 Å². The molecule has 0 fully saturated rings. The first kappa shape index (κ1) is 19.0. The van der Waals surface area contributed by atoms with E-state index in [0.717, 1.165) is 28.0 Å². The van der Waals surface area contributed by atoms with E-state index in [1.165, 1.54) is 11.8 Å². The highest BCUT2D eigenvalue weighted by Gasteiger charge is 2.18. The summed E-state index contributed by atoms with van der Waals surface area (Å²) in [5.41, 5.74) is 1.74. The van der Waals surface area contributed by atoms with Crippen LogP contribution in [0.25, 0.3) is 11.4 Å². The Morgan fingerprint density at radius 3 is 2.44 bits per heavy atom. The fraction of sp³-hybridized carbons (Fsp3) is 0.250. The lowest BCUT2D eigenvalue weighted by atomic mass is 10.2. The van der Waals surface area contributed by atoms with Crippen LogP contribution in [0.4, 0.5) is 5.69 Å². The third-order valence-electron chi connectivity index (χ3n) is 3.92. The van der Waals surface area contributed by atoms with Crippen molar-refractivity contribution >= 4 is 23.4 Å². The SMILES string of the molecule is COc1ccc(-c2nnc(SCC(=O)Nc3ccccc3)n2C(C)C)cc1. The molecule has 0 bridgehead atoms. The van der Waals surface area contributed by atoms with Gasteiger partial charge in [-0.25, -0.2) is 0 Å². The summed E-state index contributed by atoms with van der Waals surface area (Å²) >= 11 is 1.38. The van der Waals surface area contributed by atoms with Crippen molar-refractivity contribution in [1.82, 2.24) is 14.8 Å². The van der Waals surface area contributed by atoms with Gasteiger partial charge in [-0.2, -0.15) is 0 Å². The van der Waals surface area contributed by atoms with Crippen LogP contribution in [0.1, 0.15) is 19.9 Å². The number of benzene rings is 2. The molecule has 27 heavy (non-hydrogen) atoms.